The van der Waals surface area contributed by atoms with Gasteiger partial charge in [0.05, 0.1) is 35.8 Å². The number of non-ortho nitro benzene ring substituents is 1. The molecule has 3 heterocycles. The van der Waals surface area contributed by atoms with Gasteiger partial charge in [-0.05, 0) is 70.3 Å². The standard InChI is InChI=1S/C47H39N5O12/c48-45(58)49-23-7-8-28-15-22-36-35(26-28)47(44(57)50(36)46(59)63-27-29-13-18-33(19-14-29)52(60)61)37(42(54)55)39-43(56)64-40(31-11-5-2-6-12-31)38(30-9-3-1-4-10-30)51(39)41(47)32-16-20-34(21-17-32)62-25-24-53/h1-6,9-22,26,37-41,53H,23-25,27H2,(H,54,55)(H3,48,49,58)/t37-,38-,39-,40+,41+,47-/m1/s1. The number of carbonyl (C=O) groups excluding carboxylic acids is 4. The molecule has 64 heavy (non-hydrogen) atoms. The number of primary amides is 1. The zero-order valence-electron chi connectivity index (χ0n) is 33.7. The van der Waals surface area contributed by atoms with Crippen molar-refractivity contribution in [1.82, 2.24) is 10.2 Å². The van der Waals surface area contributed by atoms with Crippen LogP contribution in [0.15, 0.2) is 127 Å². The number of nitrogens with one attached hydrogen (secondary N) is 1. The van der Waals surface area contributed by atoms with Gasteiger partial charge in [0.25, 0.3) is 5.69 Å². The predicted octanol–water partition coefficient (Wildman–Crippen LogP) is 5.07. The number of morpholine rings is 1. The van der Waals surface area contributed by atoms with Crippen molar-refractivity contribution in [3.63, 3.8) is 0 Å². The molecule has 3 aliphatic heterocycles. The molecule has 0 radical (unpaired) electrons. The number of imide groups is 1. The molecule has 2 fully saturated rings. The molecule has 5 aromatic carbocycles. The molecule has 2 saturated heterocycles. The lowest BCUT2D eigenvalue weighted by atomic mass is 9.65. The number of anilines is 1. The van der Waals surface area contributed by atoms with E-state index in [1.165, 1.54) is 42.5 Å². The summed E-state index contributed by atoms with van der Waals surface area (Å²) in [6, 6.07) is 29.4. The average Bonchev–Trinajstić information content (AvgIpc) is 3.76. The second kappa shape index (κ2) is 17.7. The number of carboxylic acids is 1. The van der Waals surface area contributed by atoms with Crippen LogP contribution in [0.1, 0.15) is 51.6 Å². The molecule has 1 spiro atoms. The fourth-order valence-corrected chi connectivity index (χ4v) is 9.06. The molecule has 0 aliphatic carbocycles. The summed E-state index contributed by atoms with van der Waals surface area (Å²) in [6.07, 6.45) is -2.20. The van der Waals surface area contributed by atoms with Gasteiger partial charge in [0.1, 0.15) is 42.4 Å². The fraction of sp³-hybridized carbons (Fsp3) is 0.213. The Kier molecular flexibility index (Phi) is 11.8. The zero-order valence-corrected chi connectivity index (χ0v) is 33.7. The molecule has 4 amide bonds. The third-order valence-electron chi connectivity index (χ3n) is 11.6. The maximum atomic E-state index is 15.9. The number of aliphatic carboxylic acids is 1. The Bertz CT molecular complexity index is 2690. The topological polar surface area (TPSA) is 241 Å². The SMILES string of the molecule is NC(=O)NCC#Cc1ccc2c(c1)[C@]1(C(=O)N2C(=O)OCc2ccc([N+](=O)[O-])cc2)[C@H](c2ccc(OCCO)cc2)N2[C@H](c3ccccc3)[C@H](c3ccccc3)OC(=O)[C@H]2[C@@H]1C(=O)O. The Morgan fingerprint density at radius 1 is 0.875 bits per heavy atom. The number of benzene rings is 5. The number of esters is 1. The molecule has 6 atom stereocenters. The zero-order chi connectivity index (χ0) is 45.1. The number of cyclic esters (lactones) is 1. The van der Waals surface area contributed by atoms with Crippen LogP contribution < -0.4 is 20.7 Å². The van der Waals surface area contributed by atoms with Crippen LogP contribution in [-0.4, -0.2) is 75.8 Å². The molecule has 0 saturated carbocycles. The molecule has 324 valence electrons. The molecule has 5 aromatic rings. The van der Waals surface area contributed by atoms with Gasteiger partial charge < -0.3 is 35.5 Å². The second-order valence-corrected chi connectivity index (χ2v) is 15.1. The van der Waals surface area contributed by atoms with Crippen LogP contribution in [0.25, 0.3) is 0 Å². The van der Waals surface area contributed by atoms with Gasteiger partial charge >= 0.3 is 24.1 Å². The lowest BCUT2D eigenvalue weighted by molar-refractivity contribution is -0.384. The minimum atomic E-state index is -2.29. The summed E-state index contributed by atoms with van der Waals surface area (Å²) in [7, 11) is 0. The summed E-state index contributed by atoms with van der Waals surface area (Å²) in [5.74, 6) is 0.672. The summed E-state index contributed by atoms with van der Waals surface area (Å²) < 4.78 is 17.7. The maximum absolute atomic E-state index is 15.9. The van der Waals surface area contributed by atoms with Gasteiger partial charge in [-0.2, -0.15) is 0 Å². The number of aliphatic hydroxyl groups is 1. The van der Waals surface area contributed by atoms with Crippen molar-refractivity contribution in [3.8, 4) is 17.6 Å². The number of nitro benzene ring substituents is 1. The summed E-state index contributed by atoms with van der Waals surface area (Å²) in [5, 5.41) is 34.6. The normalized spacial score (nSPS) is 22.1. The van der Waals surface area contributed by atoms with Gasteiger partial charge in [-0.3, -0.25) is 29.4 Å². The molecule has 5 N–H and O–H groups in total. The number of aliphatic hydroxyl groups excluding tert-OH is 1. The number of rotatable bonds is 11. The number of nitrogens with zero attached hydrogens (tertiary/aromatic N) is 3. The first-order chi connectivity index (χ1) is 30.9. The number of nitrogens with two attached hydrogens (primary N) is 1. The summed E-state index contributed by atoms with van der Waals surface area (Å²) >= 11 is 0. The maximum Gasteiger partial charge on any atom is 0.421 e. The third kappa shape index (κ3) is 7.61. The molecule has 0 aromatic heterocycles. The summed E-state index contributed by atoms with van der Waals surface area (Å²) in [5.41, 5.74) is 4.99. The number of hydrogen-bond acceptors (Lipinski definition) is 12. The molecule has 17 heteroatoms. The monoisotopic (exact) mass is 865 g/mol. The van der Waals surface area contributed by atoms with Gasteiger partial charge in [0.2, 0.25) is 5.91 Å². The highest BCUT2D eigenvalue weighted by Gasteiger charge is 2.76. The Balaban J connectivity index is 1.37. The van der Waals surface area contributed by atoms with Crippen molar-refractivity contribution in [3.05, 3.63) is 171 Å². The van der Waals surface area contributed by atoms with E-state index >= 15 is 4.79 Å². The van der Waals surface area contributed by atoms with E-state index in [4.69, 9.17) is 19.9 Å². The summed E-state index contributed by atoms with van der Waals surface area (Å²) in [6.45, 7) is -0.860. The van der Waals surface area contributed by atoms with Gasteiger partial charge in [-0.25, -0.2) is 14.5 Å². The van der Waals surface area contributed by atoms with Crippen molar-refractivity contribution in [1.29, 1.82) is 0 Å². The molecule has 3 aliphatic rings. The van der Waals surface area contributed by atoms with Crippen molar-refractivity contribution in [2.45, 2.75) is 36.3 Å². The number of hydrogen-bond donors (Lipinski definition) is 4. The first kappa shape index (κ1) is 42.6. The number of urea groups is 1. The van der Waals surface area contributed by atoms with Crippen LogP contribution in [0.2, 0.25) is 0 Å². The highest BCUT2D eigenvalue weighted by molar-refractivity contribution is 6.23. The molecule has 0 bridgehead atoms. The first-order valence-corrected chi connectivity index (χ1v) is 20.0. The molecular weight excluding hydrogens is 827 g/mol. The lowest BCUT2D eigenvalue weighted by Crippen LogP contribution is -2.53. The second-order valence-electron chi connectivity index (χ2n) is 15.1. The third-order valence-corrected chi connectivity index (χ3v) is 11.6. The largest absolute Gasteiger partial charge is 0.491 e. The molecule has 17 nitrogen and oxygen atoms in total. The summed E-state index contributed by atoms with van der Waals surface area (Å²) in [4.78, 5) is 83.9. The van der Waals surface area contributed by atoms with Crippen LogP contribution in [0.5, 0.6) is 5.75 Å². The van der Waals surface area contributed by atoms with Crippen molar-refractivity contribution >= 4 is 41.3 Å². The Hall–Kier alpha value is -8.07. The Labute approximate surface area is 365 Å². The predicted molar refractivity (Wildman–Crippen MR) is 226 cm³/mol. The van der Waals surface area contributed by atoms with Crippen LogP contribution in [0.4, 0.5) is 21.0 Å². The van der Waals surface area contributed by atoms with Gasteiger partial charge in [0.15, 0.2) is 0 Å². The number of fused-ring (bicyclic) bond motifs is 3. The molecule has 8 rings (SSSR count). The first-order valence-electron chi connectivity index (χ1n) is 20.0. The van der Waals surface area contributed by atoms with E-state index in [9.17, 15) is 39.5 Å². The highest BCUT2D eigenvalue weighted by Crippen LogP contribution is 2.66. The van der Waals surface area contributed by atoms with Crippen molar-refractivity contribution in [2.75, 3.05) is 24.7 Å². The number of nitro groups is 1. The highest BCUT2D eigenvalue weighted by atomic mass is 16.6. The van der Waals surface area contributed by atoms with Gasteiger partial charge in [0, 0.05) is 17.7 Å². The van der Waals surface area contributed by atoms with Crippen LogP contribution in [-0.2, 0) is 35.9 Å². The molecular formula is C47H39N5O12. The van der Waals surface area contributed by atoms with E-state index in [1.54, 1.807) is 77.7 Å². The smallest absolute Gasteiger partial charge is 0.421 e. The van der Waals surface area contributed by atoms with Crippen molar-refractivity contribution < 1.29 is 53.3 Å². The van der Waals surface area contributed by atoms with Crippen molar-refractivity contribution in [2.24, 2.45) is 11.7 Å². The number of carbonyl (C=O) groups is 5. The minimum absolute atomic E-state index is 0.0236. The van der Waals surface area contributed by atoms with E-state index in [-0.39, 0.29) is 42.3 Å². The lowest BCUT2D eigenvalue weighted by Gasteiger charge is -2.46. The van der Waals surface area contributed by atoms with E-state index < -0.39 is 77.1 Å². The van der Waals surface area contributed by atoms with E-state index in [0.29, 0.717) is 28.0 Å². The van der Waals surface area contributed by atoms with Crippen LogP contribution in [0.3, 0.4) is 0 Å². The van der Waals surface area contributed by atoms with Gasteiger partial charge in [-0.1, -0.05) is 84.6 Å². The number of carboxylic acid groups (broad SMARTS) is 1. The van der Waals surface area contributed by atoms with Crippen LogP contribution in [0, 0.1) is 27.9 Å². The molecule has 0 unspecified atom stereocenters. The average molecular weight is 866 g/mol. The minimum Gasteiger partial charge on any atom is -0.491 e. The fourth-order valence-electron chi connectivity index (χ4n) is 9.06. The Morgan fingerprint density at radius 3 is 2.17 bits per heavy atom. The van der Waals surface area contributed by atoms with E-state index in [1.807, 2.05) is 12.1 Å². The van der Waals surface area contributed by atoms with Gasteiger partial charge in [-0.15, -0.1) is 0 Å². The number of amides is 4. The Morgan fingerprint density at radius 2 is 1.55 bits per heavy atom. The quantitative estimate of drug-likeness (QED) is 0.0588. The van der Waals surface area contributed by atoms with E-state index in [0.717, 1.165) is 4.90 Å². The van der Waals surface area contributed by atoms with E-state index in [2.05, 4.69) is 17.2 Å². The van der Waals surface area contributed by atoms with Crippen LogP contribution >= 0.6 is 0 Å². The number of ether oxygens (including phenoxy) is 3.